The molecule has 2 heterocycles. The van der Waals surface area contributed by atoms with E-state index in [1.165, 1.54) is 5.56 Å². The first-order valence-corrected chi connectivity index (χ1v) is 10.7. The molecule has 164 valence electrons. The van der Waals surface area contributed by atoms with Gasteiger partial charge in [0.2, 0.25) is 5.91 Å². The summed E-state index contributed by atoms with van der Waals surface area (Å²) in [6, 6.07) is 14.2. The normalized spacial score (nSPS) is 19.3. The molecule has 2 aromatic carbocycles. The lowest BCUT2D eigenvalue weighted by atomic mass is 9.85. The van der Waals surface area contributed by atoms with Gasteiger partial charge in [0.1, 0.15) is 17.1 Å². The van der Waals surface area contributed by atoms with Crippen molar-refractivity contribution in [3.63, 3.8) is 0 Å². The van der Waals surface area contributed by atoms with E-state index in [0.29, 0.717) is 18.9 Å². The van der Waals surface area contributed by atoms with E-state index in [2.05, 4.69) is 29.4 Å². The molecule has 1 aliphatic heterocycles. The van der Waals surface area contributed by atoms with Gasteiger partial charge in [0.25, 0.3) is 0 Å². The molecule has 4 rings (SSSR count). The monoisotopic (exact) mass is 422 g/mol. The molecule has 1 amide bonds. The highest BCUT2D eigenvalue weighted by atomic mass is 16.5. The number of fused-ring (bicyclic) bond motifs is 1. The Labute approximate surface area is 183 Å². The van der Waals surface area contributed by atoms with E-state index in [1.54, 1.807) is 20.5 Å². The average Bonchev–Trinajstić information content (AvgIpc) is 3.19. The van der Waals surface area contributed by atoms with Crippen LogP contribution in [0.15, 0.2) is 53.1 Å². The van der Waals surface area contributed by atoms with Gasteiger partial charge in [-0.25, -0.2) is 0 Å². The van der Waals surface area contributed by atoms with Crippen LogP contribution in [0.5, 0.6) is 11.5 Å². The Hall–Kier alpha value is -2.99. The number of nitrogens with zero attached hydrogens (tertiary/aromatic N) is 1. The zero-order valence-corrected chi connectivity index (χ0v) is 18.4. The fourth-order valence-corrected chi connectivity index (χ4v) is 4.61. The third-order valence-electron chi connectivity index (χ3n) is 6.24. The van der Waals surface area contributed by atoms with E-state index in [1.807, 2.05) is 30.3 Å². The summed E-state index contributed by atoms with van der Waals surface area (Å²) >= 11 is 0. The minimum atomic E-state index is 0.0141. The number of likely N-dealkylation sites (tertiary alicyclic amines) is 1. The third kappa shape index (κ3) is 4.69. The van der Waals surface area contributed by atoms with Crippen molar-refractivity contribution in [2.24, 2.45) is 5.92 Å². The van der Waals surface area contributed by atoms with Gasteiger partial charge in [-0.2, -0.15) is 0 Å². The van der Waals surface area contributed by atoms with Crippen LogP contribution in [-0.4, -0.2) is 45.2 Å². The number of piperidine rings is 1. The second-order valence-electron chi connectivity index (χ2n) is 8.20. The Bertz CT molecular complexity index is 1030. The Kier molecular flexibility index (Phi) is 6.47. The largest absolute Gasteiger partial charge is 0.497 e. The van der Waals surface area contributed by atoms with Crippen molar-refractivity contribution >= 4 is 16.9 Å². The predicted molar refractivity (Wildman–Crippen MR) is 121 cm³/mol. The van der Waals surface area contributed by atoms with Crippen LogP contribution in [0.1, 0.15) is 30.0 Å². The lowest BCUT2D eigenvalue weighted by Gasteiger charge is -2.39. The third-order valence-corrected chi connectivity index (χ3v) is 6.24. The van der Waals surface area contributed by atoms with Crippen molar-refractivity contribution < 1.29 is 18.7 Å². The first-order valence-electron chi connectivity index (χ1n) is 10.7. The average molecular weight is 423 g/mol. The second-order valence-corrected chi connectivity index (χ2v) is 8.20. The number of carbonyl (C=O) groups is 1. The molecule has 1 N–H and O–H groups in total. The number of amides is 1. The van der Waals surface area contributed by atoms with Crippen LogP contribution in [-0.2, 0) is 11.2 Å². The van der Waals surface area contributed by atoms with Gasteiger partial charge < -0.3 is 19.2 Å². The van der Waals surface area contributed by atoms with E-state index in [4.69, 9.17) is 13.9 Å². The number of methoxy groups -OCH3 is 2. The van der Waals surface area contributed by atoms with Gasteiger partial charge in [-0.1, -0.05) is 12.1 Å². The maximum absolute atomic E-state index is 12.7. The summed E-state index contributed by atoms with van der Waals surface area (Å²) in [6.45, 7) is 1.72. The number of rotatable bonds is 7. The molecular formula is C25H30N2O4. The number of nitrogens with one attached hydrogen (secondary N) is 1. The fraction of sp³-hybridized carbons (Fsp3) is 0.400. The Morgan fingerprint density at radius 3 is 2.61 bits per heavy atom. The van der Waals surface area contributed by atoms with Gasteiger partial charge >= 0.3 is 0 Å². The van der Waals surface area contributed by atoms with Crippen LogP contribution in [0.25, 0.3) is 11.0 Å². The molecule has 1 saturated heterocycles. The molecule has 0 aliphatic carbocycles. The first kappa shape index (κ1) is 21.2. The minimum absolute atomic E-state index is 0.0141. The molecule has 6 nitrogen and oxygen atoms in total. The number of hydrogen-bond acceptors (Lipinski definition) is 5. The Morgan fingerprint density at radius 1 is 1.13 bits per heavy atom. The van der Waals surface area contributed by atoms with Crippen LogP contribution in [0.4, 0.5) is 0 Å². The summed E-state index contributed by atoms with van der Waals surface area (Å²) in [5.74, 6) is 1.97. The van der Waals surface area contributed by atoms with E-state index in [9.17, 15) is 4.79 Å². The van der Waals surface area contributed by atoms with Gasteiger partial charge in [-0.15, -0.1) is 0 Å². The van der Waals surface area contributed by atoms with E-state index in [0.717, 1.165) is 47.4 Å². The van der Waals surface area contributed by atoms with Gasteiger partial charge in [0, 0.05) is 29.6 Å². The highest BCUT2D eigenvalue weighted by Gasteiger charge is 2.30. The van der Waals surface area contributed by atoms with E-state index >= 15 is 0 Å². The number of hydrogen-bond donors (Lipinski definition) is 1. The summed E-state index contributed by atoms with van der Waals surface area (Å²) < 4.78 is 16.2. The molecule has 1 aromatic heterocycles. The highest BCUT2D eigenvalue weighted by Crippen LogP contribution is 2.35. The number of furan rings is 1. The standard InChI is InChI=1S/C25H30N2O4/c1-27-12-4-5-18(25(27)17-6-8-20(29-2)9-7-17)15-26-24(28)13-19-16-31-23-14-21(30-3)10-11-22(19)23/h6-11,14,16,18,25H,4-5,12-13,15H2,1-3H3,(H,26,28). The van der Waals surface area contributed by atoms with Crippen molar-refractivity contribution in [2.45, 2.75) is 25.3 Å². The fourth-order valence-electron chi connectivity index (χ4n) is 4.61. The molecule has 2 unspecified atom stereocenters. The summed E-state index contributed by atoms with van der Waals surface area (Å²) in [5, 5.41) is 4.11. The quantitative estimate of drug-likeness (QED) is 0.619. The van der Waals surface area contributed by atoms with Crippen molar-refractivity contribution in [2.75, 3.05) is 34.4 Å². The van der Waals surface area contributed by atoms with Gasteiger partial charge in [0.15, 0.2) is 0 Å². The lowest BCUT2D eigenvalue weighted by Crippen LogP contribution is -2.42. The molecule has 0 bridgehead atoms. The molecule has 1 fully saturated rings. The minimum Gasteiger partial charge on any atom is -0.497 e. The van der Waals surface area contributed by atoms with Crippen molar-refractivity contribution in [1.82, 2.24) is 10.2 Å². The molecule has 1 aliphatic rings. The van der Waals surface area contributed by atoms with Crippen molar-refractivity contribution in [1.29, 1.82) is 0 Å². The van der Waals surface area contributed by atoms with Crippen LogP contribution in [0.2, 0.25) is 0 Å². The summed E-state index contributed by atoms with van der Waals surface area (Å²) in [5.41, 5.74) is 2.88. The Balaban J connectivity index is 1.41. The zero-order valence-electron chi connectivity index (χ0n) is 18.4. The van der Waals surface area contributed by atoms with Crippen LogP contribution in [0, 0.1) is 5.92 Å². The summed E-state index contributed by atoms with van der Waals surface area (Å²) in [7, 11) is 5.47. The van der Waals surface area contributed by atoms with Crippen LogP contribution >= 0.6 is 0 Å². The van der Waals surface area contributed by atoms with Gasteiger partial charge in [-0.3, -0.25) is 9.69 Å². The SMILES string of the molecule is COc1ccc(C2C(CNC(=O)Cc3coc4cc(OC)ccc34)CCCN2C)cc1. The molecular weight excluding hydrogens is 392 g/mol. The van der Waals surface area contributed by atoms with Gasteiger partial charge in [-0.05, 0) is 62.2 Å². The second kappa shape index (κ2) is 9.43. The van der Waals surface area contributed by atoms with Crippen LogP contribution in [0.3, 0.4) is 0 Å². The number of ether oxygens (including phenoxy) is 2. The van der Waals surface area contributed by atoms with Gasteiger partial charge in [0.05, 0.1) is 26.9 Å². The molecule has 6 heteroatoms. The maximum atomic E-state index is 12.7. The van der Waals surface area contributed by atoms with Crippen LogP contribution < -0.4 is 14.8 Å². The predicted octanol–water partition coefficient (Wildman–Crippen LogP) is 4.19. The van der Waals surface area contributed by atoms with E-state index < -0.39 is 0 Å². The number of benzene rings is 2. The highest BCUT2D eigenvalue weighted by molar-refractivity contribution is 5.88. The molecule has 0 radical (unpaired) electrons. The summed E-state index contributed by atoms with van der Waals surface area (Å²) in [4.78, 5) is 15.1. The molecule has 31 heavy (non-hydrogen) atoms. The summed E-state index contributed by atoms with van der Waals surface area (Å²) in [6.07, 6.45) is 4.20. The van der Waals surface area contributed by atoms with Crippen molar-refractivity contribution in [3.8, 4) is 11.5 Å². The van der Waals surface area contributed by atoms with E-state index in [-0.39, 0.29) is 11.9 Å². The van der Waals surface area contributed by atoms with Crippen molar-refractivity contribution in [3.05, 3.63) is 59.9 Å². The Morgan fingerprint density at radius 2 is 1.87 bits per heavy atom. The maximum Gasteiger partial charge on any atom is 0.224 e. The molecule has 0 saturated carbocycles. The lowest BCUT2D eigenvalue weighted by molar-refractivity contribution is -0.120. The molecule has 2 atom stereocenters. The smallest absolute Gasteiger partial charge is 0.224 e. The molecule has 0 spiro atoms. The topological polar surface area (TPSA) is 63.9 Å². The first-order chi connectivity index (χ1) is 15.1. The number of carbonyl (C=O) groups excluding carboxylic acids is 1. The zero-order chi connectivity index (χ0) is 21.8. The molecule has 3 aromatic rings.